The number of halogens is 1. The van der Waals surface area contributed by atoms with Crippen molar-refractivity contribution >= 4 is 40.5 Å². The molecule has 0 N–H and O–H groups in total. The Hall–Kier alpha value is 0.01000. The van der Waals surface area contributed by atoms with E-state index in [0.717, 1.165) is 25.8 Å². The summed E-state index contributed by atoms with van der Waals surface area (Å²) in [7, 11) is 0. The van der Waals surface area contributed by atoms with Gasteiger partial charge in [0.15, 0.2) is 5.78 Å². The van der Waals surface area contributed by atoms with Crippen LogP contribution in [0, 0.1) is 5.92 Å². The molecule has 1 aliphatic rings. The molecule has 0 unspecified atom stereocenters. The van der Waals surface area contributed by atoms with Crippen LogP contribution in [-0.2, 0) is 0 Å². The quantitative estimate of drug-likeness (QED) is 0.554. The average Bonchev–Trinajstić information content (AvgIpc) is 2.69. The number of ketones is 1. The fraction of sp³-hybridized carbons (Fsp3) is 0.615. The molecule has 1 aromatic rings. The van der Waals surface area contributed by atoms with Crippen molar-refractivity contribution in [2.75, 3.05) is 5.75 Å². The number of carbonyl (C=O) groups excluding carboxylic acids is 1. The molecule has 0 radical (unpaired) electrons. The lowest BCUT2D eigenvalue weighted by molar-refractivity contribution is 0.101. The maximum atomic E-state index is 11.5. The van der Waals surface area contributed by atoms with Gasteiger partial charge in [-0.2, -0.15) is 0 Å². The highest BCUT2D eigenvalue weighted by Gasteiger charge is 2.17. The van der Waals surface area contributed by atoms with Crippen molar-refractivity contribution in [2.24, 2.45) is 5.92 Å². The van der Waals surface area contributed by atoms with E-state index in [9.17, 15) is 4.79 Å². The zero-order valence-electron chi connectivity index (χ0n) is 10.0. The average molecular weight is 289 g/mol. The molecule has 2 rings (SSSR count). The Bertz CT molecular complexity index is 394. The van der Waals surface area contributed by atoms with Crippen molar-refractivity contribution in [3.05, 3.63) is 16.0 Å². The van der Waals surface area contributed by atoms with Crippen LogP contribution in [0.25, 0.3) is 0 Å². The highest BCUT2D eigenvalue weighted by atomic mass is 35.5. The normalized spacial score (nSPS) is 17.3. The molecule has 1 heterocycles. The molecule has 1 nitrogen and oxygen atoms in total. The summed E-state index contributed by atoms with van der Waals surface area (Å²) in [6.07, 6.45) is 6.83. The molecule has 1 aliphatic carbocycles. The molecular formula is C13H17ClOS2. The number of hydrogen-bond donors (Lipinski definition) is 0. The minimum absolute atomic E-state index is 0.124. The van der Waals surface area contributed by atoms with Gasteiger partial charge >= 0.3 is 0 Å². The first-order valence-corrected chi connectivity index (χ1v) is 8.28. The fourth-order valence-electron chi connectivity index (χ4n) is 2.25. The van der Waals surface area contributed by atoms with Crippen molar-refractivity contribution in [1.29, 1.82) is 0 Å². The van der Waals surface area contributed by atoms with Gasteiger partial charge in [0.25, 0.3) is 0 Å². The Kier molecular flexibility index (Phi) is 4.95. The summed E-state index contributed by atoms with van der Waals surface area (Å²) in [4.78, 5) is 11.5. The predicted octanol–water partition coefficient (Wildman–Crippen LogP) is 5.28. The van der Waals surface area contributed by atoms with Gasteiger partial charge in [-0.15, -0.1) is 23.1 Å². The van der Waals surface area contributed by atoms with E-state index in [-0.39, 0.29) is 5.78 Å². The second-order valence-corrected chi connectivity index (χ2v) is 7.60. The van der Waals surface area contributed by atoms with Gasteiger partial charge in [0.2, 0.25) is 0 Å². The van der Waals surface area contributed by atoms with Gasteiger partial charge in [0, 0.05) is 11.3 Å². The molecule has 0 saturated heterocycles. The zero-order chi connectivity index (χ0) is 12.3. The van der Waals surface area contributed by atoms with Crippen molar-refractivity contribution in [3.63, 3.8) is 0 Å². The van der Waals surface area contributed by atoms with E-state index in [0.29, 0.717) is 0 Å². The smallest absolute Gasteiger partial charge is 0.161 e. The highest BCUT2D eigenvalue weighted by Crippen LogP contribution is 2.38. The highest BCUT2D eigenvalue weighted by molar-refractivity contribution is 8.01. The van der Waals surface area contributed by atoms with E-state index in [2.05, 4.69) is 0 Å². The molecule has 0 bridgehead atoms. The maximum Gasteiger partial charge on any atom is 0.161 e. The van der Waals surface area contributed by atoms with E-state index in [1.807, 2.05) is 11.8 Å². The molecule has 17 heavy (non-hydrogen) atoms. The SMILES string of the molecule is CC(=O)c1cc(Cl)sc1SCC1CCCCC1. The molecule has 4 heteroatoms. The summed E-state index contributed by atoms with van der Waals surface area (Å²) in [5, 5.41) is 0. The lowest BCUT2D eigenvalue weighted by atomic mass is 9.91. The van der Waals surface area contributed by atoms with Crippen LogP contribution in [0.4, 0.5) is 0 Å². The molecular weight excluding hydrogens is 272 g/mol. The molecule has 0 atom stereocenters. The summed E-state index contributed by atoms with van der Waals surface area (Å²) in [5.74, 6) is 2.09. The lowest BCUT2D eigenvalue weighted by Crippen LogP contribution is -2.08. The summed E-state index contributed by atoms with van der Waals surface area (Å²) in [5.41, 5.74) is 0.806. The van der Waals surface area contributed by atoms with Crippen molar-refractivity contribution in [3.8, 4) is 0 Å². The van der Waals surface area contributed by atoms with Gasteiger partial charge in [0.1, 0.15) is 0 Å². The van der Waals surface area contributed by atoms with E-state index >= 15 is 0 Å². The van der Waals surface area contributed by atoms with Gasteiger partial charge in [-0.3, -0.25) is 4.79 Å². The molecule has 0 spiro atoms. The van der Waals surface area contributed by atoms with Crippen LogP contribution in [0.2, 0.25) is 4.34 Å². The number of rotatable bonds is 4. The summed E-state index contributed by atoms with van der Waals surface area (Å²) in [6.45, 7) is 1.61. The summed E-state index contributed by atoms with van der Waals surface area (Å²) >= 11 is 9.34. The second-order valence-electron chi connectivity index (χ2n) is 4.62. The third-order valence-electron chi connectivity index (χ3n) is 3.22. The van der Waals surface area contributed by atoms with Gasteiger partial charge in [-0.1, -0.05) is 30.9 Å². The van der Waals surface area contributed by atoms with Crippen LogP contribution in [0.1, 0.15) is 49.4 Å². The van der Waals surface area contributed by atoms with Gasteiger partial charge in [0.05, 0.1) is 8.55 Å². The topological polar surface area (TPSA) is 17.1 Å². The van der Waals surface area contributed by atoms with Crippen LogP contribution in [0.5, 0.6) is 0 Å². The first kappa shape index (κ1) is 13.4. The Morgan fingerprint density at radius 3 is 2.82 bits per heavy atom. The van der Waals surface area contributed by atoms with Gasteiger partial charge in [-0.05, 0) is 31.7 Å². The molecule has 0 aliphatic heterocycles. The van der Waals surface area contributed by atoms with Gasteiger partial charge in [-0.25, -0.2) is 0 Å². The standard InChI is InChI=1S/C13H17ClOS2/c1-9(15)11-7-12(14)17-13(11)16-8-10-5-3-2-4-6-10/h7,10H,2-6,8H2,1H3. The summed E-state index contributed by atoms with van der Waals surface area (Å²) in [6, 6.07) is 1.80. The van der Waals surface area contributed by atoms with E-state index in [1.165, 1.54) is 43.4 Å². The molecule has 94 valence electrons. The molecule has 1 fully saturated rings. The maximum absolute atomic E-state index is 11.5. The third-order valence-corrected chi connectivity index (χ3v) is 6.00. The van der Waals surface area contributed by atoms with Crippen LogP contribution < -0.4 is 0 Å². The Labute approximate surface area is 116 Å². The zero-order valence-corrected chi connectivity index (χ0v) is 12.4. The summed E-state index contributed by atoms with van der Waals surface area (Å²) < 4.78 is 1.83. The van der Waals surface area contributed by atoms with Crippen molar-refractivity contribution in [2.45, 2.75) is 43.2 Å². The first-order valence-electron chi connectivity index (χ1n) is 6.10. The number of Topliss-reactive ketones (excluding diaryl/α,β-unsaturated/α-hetero) is 1. The van der Waals surface area contributed by atoms with Crippen LogP contribution >= 0.6 is 34.7 Å². The van der Waals surface area contributed by atoms with E-state index in [4.69, 9.17) is 11.6 Å². The van der Waals surface area contributed by atoms with Crippen molar-refractivity contribution in [1.82, 2.24) is 0 Å². The molecule has 0 amide bonds. The number of thioether (sulfide) groups is 1. The number of hydrogen-bond acceptors (Lipinski definition) is 3. The Morgan fingerprint density at radius 1 is 1.47 bits per heavy atom. The predicted molar refractivity (Wildman–Crippen MR) is 76.6 cm³/mol. The third kappa shape index (κ3) is 3.73. The molecule has 1 aromatic heterocycles. The number of carbonyl (C=O) groups is 1. The first-order chi connectivity index (χ1) is 8.16. The van der Waals surface area contributed by atoms with Crippen LogP contribution in [0.15, 0.2) is 10.3 Å². The Balaban J connectivity index is 1.95. The largest absolute Gasteiger partial charge is 0.294 e. The molecule has 1 saturated carbocycles. The minimum Gasteiger partial charge on any atom is -0.294 e. The van der Waals surface area contributed by atoms with E-state index in [1.54, 1.807) is 13.0 Å². The Morgan fingerprint density at radius 2 is 2.18 bits per heavy atom. The van der Waals surface area contributed by atoms with Crippen molar-refractivity contribution < 1.29 is 4.79 Å². The monoisotopic (exact) mass is 288 g/mol. The number of thiophene rings is 1. The fourth-order valence-corrected chi connectivity index (χ4v) is 5.18. The minimum atomic E-state index is 0.124. The molecule has 0 aromatic carbocycles. The van der Waals surface area contributed by atoms with Crippen LogP contribution in [-0.4, -0.2) is 11.5 Å². The van der Waals surface area contributed by atoms with E-state index < -0.39 is 0 Å². The lowest BCUT2D eigenvalue weighted by Gasteiger charge is -2.20. The van der Waals surface area contributed by atoms with Crippen LogP contribution in [0.3, 0.4) is 0 Å². The van der Waals surface area contributed by atoms with Gasteiger partial charge < -0.3 is 0 Å². The second kappa shape index (κ2) is 6.26.